The number of thioether (sulfide) groups is 1. The molecular weight excluding hydrogens is 201 g/mol. The molecule has 1 nitrogen and oxygen atoms in total. The third kappa shape index (κ3) is 1.75. The fourth-order valence-electron chi connectivity index (χ4n) is 0.886. The number of hydrogen-bond donors (Lipinski definition) is 0. The van der Waals surface area contributed by atoms with E-state index in [1.165, 1.54) is 13.4 Å². The molecule has 0 unspecified atom stereocenters. The molecule has 0 aromatic heterocycles. The summed E-state index contributed by atoms with van der Waals surface area (Å²) in [4.78, 5) is -0.364. The summed E-state index contributed by atoms with van der Waals surface area (Å²) in [6.07, 6.45) is 1.46. The van der Waals surface area contributed by atoms with E-state index in [4.69, 9.17) is 0 Å². The lowest BCUT2D eigenvalue weighted by molar-refractivity contribution is 0.365. The third-order valence-corrected chi connectivity index (χ3v) is 2.27. The van der Waals surface area contributed by atoms with Crippen molar-refractivity contribution < 1.29 is 17.9 Å². The second-order valence-corrected chi connectivity index (χ2v) is 3.04. The van der Waals surface area contributed by atoms with Crippen molar-refractivity contribution >= 4 is 11.8 Å². The molecule has 1 aromatic rings. The molecule has 1 rings (SSSR count). The van der Waals surface area contributed by atoms with Crippen LogP contribution >= 0.6 is 11.8 Å². The van der Waals surface area contributed by atoms with E-state index in [2.05, 4.69) is 4.74 Å². The first-order valence-corrected chi connectivity index (χ1v) is 4.59. The largest absolute Gasteiger partial charge is 0.494 e. The van der Waals surface area contributed by atoms with Gasteiger partial charge in [0, 0.05) is 6.07 Å². The first-order valence-electron chi connectivity index (χ1n) is 3.37. The van der Waals surface area contributed by atoms with E-state index in [0.29, 0.717) is 6.07 Å². The molecule has 0 spiro atoms. The Morgan fingerprint density at radius 1 is 1.23 bits per heavy atom. The molecule has 0 fully saturated rings. The van der Waals surface area contributed by atoms with Crippen molar-refractivity contribution in [3.8, 4) is 5.75 Å². The van der Waals surface area contributed by atoms with Crippen LogP contribution in [0.2, 0.25) is 0 Å². The molecule has 0 aliphatic carbocycles. The van der Waals surface area contributed by atoms with Gasteiger partial charge in [0.25, 0.3) is 0 Å². The molecule has 0 atom stereocenters. The Balaban J connectivity index is 3.39. The van der Waals surface area contributed by atoms with E-state index < -0.39 is 17.5 Å². The Kier molecular flexibility index (Phi) is 3.08. The van der Waals surface area contributed by atoms with Crippen LogP contribution in [-0.2, 0) is 0 Å². The zero-order valence-corrected chi connectivity index (χ0v) is 7.84. The first kappa shape index (κ1) is 10.2. The van der Waals surface area contributed by atoms with Gasteiger partial charge in [-0.1, -0.05) is 0 Å². The molecule has 0 aliphatic heterocycles. The summed E-state index contributed by atoms with van der Waals surface area (Å²) in [6, 6.07) is 0.685. The molecular formula is C8H7F3OS. The van der Waals surface area contributed by atoms with E-state index in [1.54, 1.807) is 0 Å². The predicted molar refractivity (Wildman–Crippen MR) is 44.6 cm³/mol. The summed E-state index contributed by atoms with van der Waals surface area (Å²) in [7, 11) is 1.19. The molecule has 72 valence electrons. The maximum absolute atomic E-state index is 13.2. The molecule has 0 amide bonds. The summed E-state index contributed by atoms with van der Waals surface area (Å²) < 4.78 is 43.3. The molecule has 0 radical (unpaired) electrons. The molecule has 0 aliphatic rings. The van der Waals surface area contributed by atoms with Crippen molar-refractivity contribution in [2.75, 3.05) is 13.4 Å². The smallest absolute Gasteiger partial charge is 0.181 e. The van der Waals surface area contributed by atoms with Crippen LogP contribution in [0.5, 0.6) is 5.75 Å². The van der Waals surface area contributed by atoms with Gasteiger partial charge < -0.3 is 4.74 Å². The number of rotatable bonds is 2. The summed E-state index contributed by atoms with van der Waals surface area (Å²) in [6.45, 7) is 0. The van der Waals surface area contributed by atoms with Crippen LogP contribution in [0.15, 0.2) is 11.0 Å². The van der Waals surface area contributed by atoms with Crippen LogP contribution in [0.1, 0.15) is 0 Å². The topological polar surface area (TPSA) is 9.23 Å². The Bertz CT molecular complexity index is 328. The highest BCUT2D eigenvalue weighted by atomic mass is 32.2. The fraction of sp³-hybridized carbons (Fsp3) is 0.250. The zero-order valence-electron chi connectivity index (χ0n) is 7.03. The Labute approximate surface area is 77.9 Å². The molecule has 13 heavy (non-hydrogen) atoms. The summed E-state index contributed by atoms with van der Waals surface area (Å²) >= 11 is 0.796. The van der Waals surface area contributed by atoms with E-state index >= 15 is 0 Å². The average Bonchev–Trinajstić information content (AvgIpc) is 2.12. The van der Waals surface area contributed by atoms with E-state index in [1.807, 2.05) is 0 Å². The second kappa shape index (κ2) is 3.91. The highest BCUT2D eigenvalue weighted by Crippen LogP contribution is 2.31. The van der Waals surface area contributed by atoms with Crippen LogP contribution in [0, 0.1) is 17.5 Å². The summed E-state index contributed by atoms with van der Waals surface area (Å²) in [5, 5.41) is 0. The van der Waals surface area contributed by atoms with Crippen LogP contribution < -0.4 is 4.74 Å². The van der Waals surface area contributed by atoms with Gasteiger partial charge in [-0.15, -0.1) is 11.8 Å². The third-order valence-electron chi connectivity index (χ3n) is 1.51. The number of ether oxygens (including phenoxy) is 1. The SMILES string of the molecule is COc1cc(F)c(F)c(SC)c1F. The van der Waals surface area contributed by atoms with Gasteiger partial charge in [-0.2, -0.15) is 0 Å². The quantitative estimate of drug-likeness (QED) is 0.546. The van der Waals surface area contributed by atoms with E-state index in [-0.39, 0.29) is 10.6 Å². The van der Waals surface area contributed by atoms with Gasteiger partial charge in [-0.3, -0.25) is 0 Å². The average molecular weight is 208 g/mol. The lowest BCUT2D eigenvalue weighted by Crippen LogP contribution is -1.97. The molecule has 0 bridgehead atoms. The monoisotopic (exact) mass is 208 g/mol. The van der Waals surface area contributed by atoms with Crippen LogP contribution in [0.25, 0.3) is 0 Å². The molecule has 0 saturated carbocycles. The van der Waals surface area contributed by atoms with Crippen molar-refractivity contribution in [1.82, 2.24) is 0 Å². The predicted octanol–water partition coefficient (Wildman–Crippen LogP) is 2.83. The van der Waals surface area contributed by atoms with Crippen LogP contribution in [0.3, 0.4) is 0 Å². The first-order chi connectivity index (χ1) is 6.11. The van der Waals surface area contributed by atoms with Gasteiger partial charge in [0.15, 0.2) is 23.2 Å². The Hall–Kier alpha value is -0.840. The summed E-state index contributed by atoms with van der Waals surface area (Å²) in [5.41, 5.74) is 0. The van der Waals surface area contributed by atoms with Crippen molar-refractivity contribution in [3.63, 3.8) is 0 Å². The minimum Gasteiger partial charge on any atom is -0.494 e. The van der Waals surface area contributed by atoms with Crippen molar-refractivity contribution in [2.45, 2.75) is 4.90 Å². The van der Waals surface area contributed by atoms with Gasteiger partial charge >= 0.3 is 0 Å². The molecule has 0 N–H and O–H groups in total. The zero-order chi connectivity index (χ0) is 10.0. The summed E-state index contributed by atoms with van der Waals surface area (Å²) in [5.74, 6) is -3.44. The Morgan fingerprint density at radius 3 is 2.31 bits per heavy atom. The highest BCUT2D eigenvalue weighted by molar-refractivity contribution is 7.98. The molecule has 0 saturated heterocycles. The van der Waals surface area contributed by atoms with Gasteiger partial charge in [0.05, 0.1) is 12.0 Å². The standard InChI is InChI=1S/C8H7F3OS/c1-12-5-3-4(9)6(10)8(13-2)7(5)11/h3H,1-2H3. The Morgan fingerprint density at radius 2 is 1.85 bits per heavy atom. The van der Waals surface area contributed by atoms with E-state index in [0.717, 1.165) is 11.8 Å². The maximum Gasteiger partial charge on any atom is 0.181 e. The minimum atomic E-state index is -1.18. The number of hydrogen-bond acceptors (Lipinski definition) is 2. The van der Waals surface area contributed by atoms with Crippen molar-refractivity contribution in [2.24, 2.45) is 0 Å². The number of halogens is 3. The normalized spacial score (nSPS) is 10.2. The van der Waals surface area contributed by atoms with Gasteiger partial charge in [0.1, 0.15) is 0 Å². The number of benzene rings is 1. The lowest BCUT2D eigenvalue weighted by atomic mass is 10.3. The van der Waals surface area contributed by atoms with Gasteiger partial charge in [-0.05, 0) is 6.26 Å². The molecule has 0 heterocycles. The van der Waals surface area contributed by atoms with E-state index in [9.17, 15) is 13.2 Å². The highest BCUT2D eigenvalue weighted by Gasteiger charge is 2.18. The van der Waals surface area contributed by atoms with Crippen LogP contribution in [0.4, 0.5) is 13.2 Å². The molecule has 5 heteroatoms. The van der Waals surface area contributed by atoms with Crippen molar-refractivity contribution in [1.29, 1.82) is 0 Å². The van der Waals surface area contributed by atoms with Gasteiger partial charge in [-0.25, -0.2) is 13.2 Å². The minimum absolute atomic E-state index is 0.289. The van der Waals surface area contributed by atoms with Crippen LogP contribution in [-0.4, -0.2) is 13.4 Å². The fourth-order valence-corrected chi connectivity index (χ4v) is 1.44. The lowest BCUT2D eigenvalue weighted by Gasteiger charge is -2.06. The second-order valence-electron chi connectivity index (χ2n) is 2.22. The van der Waals surface area contributed by atoms with Gasteiger partial charge in [0.2, 0.25) is 0 Å². The maximum atomic E-state index is 13.2. The molecule has 1 aromatic carbocycles. The van der Waals surface area contributed by atoms with Crippen molar-refractivity contribution in [3.05, 3.63) is 23.5 Å². The number of methoxy groups -OCH3 is 1.